The van der Waals surface area contributed by atoms with Crippen molar-refractivity contribution in [1.29, 1.82) is 0 Å². The first-order chi connectivity index (χ1) is 10.2. The van der Waals surface area contributed by atoms with Gasteiger partial charge in [0.05, 0.1) is 12.6 Å². The van der Waals surface area contributed by atoms with E-state index < -0.39 is 0 Å². The molecule has 1 saturated heterocycles. The minimum absolute atomic E-state index is 0.122. The average Bonchev–Trinajstić information content (AvgIpc) is 2.54. The maximum absolute atomic E-state index is 12.6. The summed E-state index contributed by atoms with van der Waals surface area (Å²) in [7, 11) is 1.76. The summed E-state index contributed by atoms with van der Waals surface area (Å²) in [6, 6.07) is 9.76. The van der Waals surface area contributed by atoms with Crippen molar-refractivity contribution in [3.8, 4) is 0 Å². The predicted octanol–water partition coefficient (Wildman–Crippen LogP) is 2.32. The first-order valence-corrected chi connectivity index (χ1v) is 7.46. The van der Waals surface area contributed by atoms with Crippen molar-refractivity contribution in [1.82, 2.24) is 4.90 Å². The fourth-order valence-corrected chi connectivity index (χ4v) is 2.67. The molecule has 4 heteroatoms. The standard InChI is InChI=1S/C17H24N2O2/c1-3-11-19(15-7-5-4-6-8-15)17(20)14-18-12-9-16(21-2)10-13-18/h3-8,16H,1,9-14H2,2H3. The van der Waals surface area contributed by atoms with Crippen LogP contribution in [0.3, 0.4) is 0 Å². The SMILES string of the molecule is C=CCN(C(=O)CN1CCC(OC)CC1)c1ccccc1. The number of anilines is 1. The zero-order valence-electron chi connectivity index (χ0n) is 12.7. The molecule has 1 aliphatic rings. The Labute approximate surface area is 127 Å². The Morgan fingerprint density at radius 1 is 1.38 bits per heavy atom. The number of benzene rings is 1. The Morgan fingerprint density at radius 3 is 2.62 bits per heavy atom. The van der Waals surface area contributed by atoms with Crippen LogP contribution in [0.4, 0.5) is 5.69 Å². The van der Waals surface area contributed by atoms with Crippen LogP contribution >= 0.6 is 0 Å². The van der Waals surface area contributed by atoms with Crippen molar-refractivity contribution in [2.45, 2.75) is 18.9 Å². The third-order valence-corrected chi connectivity index (χ3v) is 3.91. The maximum atomic E-state index is 12.6. The van der Waals surface area contributed by atoms with Crippen molar-refractivity contribution in [3.05, 3.63) is 43.0 Å². The van der Waals surface area contributed by atoms with E-state index in [4.69, 9.17) is 4.74 Å². The van der Waals surface area contributed by atoms with Gasteiger partial charge in [-0.25, -0.2) is 0 Å². The minimum Gasteiger partial charge on any atom is -0.381 e. The van der Waals surface area contributed by atoms with Gasteiger partial charge in [-0.2, -0.15) is 0 Å². The van der Waals surface area contributed by atoms with Gasteiger partial charge in [-0.1, -0.05) is 24.3 Å². The van der Waals surface area contributed by atoms with Gasteiger partial charge >= 0.3 is 0 Å². The largest absolute Gasteiger partial charge is 0.381 e. The van der Waals surface area contributed by atoms with Crippen molar-refractivity contribution in [3.63, 3.8) is 0 Å². The quantitative estimate of drug-likeness (QED) is 0.753. The maximum Gasteiger partial charge on any atom is 0.241 e. The number of carbonyl (C=O) groups excluding carboxylic acids is 1. The molecule has 1 fully saturated rings. The molecule has 0 N–H and O–H groups in total. The molecule has 1 amide bonds. The number of likely N-dealkylation sites (tertiary alicyclic amines) is 1. The van der Waals surface area contributed by atoms with E-state index in [0.717, 1.165) is 31.6 Å². The van der Waals surface area contributed by atoms with Gasteiger partial charge in [-0.3, -0.25) is 9.69 Å². The molecular weight excluding hydrogens is 264 g/mol. The first-order valence-electron chi connectivity index (χ1n) is 7.46. The van der Waals surface area contributed by atoms with Crippen molar-refractivity contribution in [2.75, 3.05) is 38.2 Å². The minimum atomic E-state index is 0.122. The van der Waals surface area contributed by atoms with Crippen LogP contribution in [0, 0.1) is 0 Å². The molecule has 21 heavy (non-hydrogen) atoms. The van der Waals surface area contributed by atoms with E-state index in [1.807, 2.05) is 30.3 Å². The Hall–Kier alpha value is -1.65. The number of hydrogen-bond acceptors (Lipinski definition) is 3. The molecule has 1 aromatic carbocycles. The van der Waals surface area contributed by atoms with E-state index in [-0.39, 0.29) is 5.91 Å². The van der Waals surface area contributed by atoms with Crippen molar-refractivity contribution < 1.29 is 9.53 Å². The summed E-state index contributed by atoms with van der Waals surface area (Å²) < 4.78 is 5.36. The van der Waals surface area contributed by atoms with Gasteiger partial charge in [0.25, 0.3) is 0 Å². The highest BCUT2D eigenvalue weighted by atomic mass is 16.5. The molecule has 4 nitrogen and oxygen atoms in total. The smallest absolute Gasteiger partial charge is 0.241 e. The van der Waals surface area contributed by atoms with Crippen LogP contribution in [-0.2, 0) is 9.53 Å². The second kappa shape index (κ2) is 7.96. The molecular formula is C17H24N2O2. The van der Waals surface area contributed by atoms with Gasteiger partial charge < -0.3 is 9.64 Å². The highest BCUT2D eigenvalue weighted by Crippen LogP contribution is 2.16. The highest BCUT2D eigenvalue weighted by molar-refractivity contribution is 5.95. The fourth-order valence-electron chi connectivity index (χ4n) is 2.67. The summed E-state index contributed by atoms with van der Waals surface area (Å²) in [4.78, 5) is 16.6. The molecule has 0 aromatic heterocycles. The number of methoxy groups -OCH3 is 1. The fraction of sp³-hybridized carbons (Fsp3) is 0.471. The third-order valence-electron chi connectivity index (χ3n) is 3.91. The van der Waals surface area contributed by atoms with Crippen LogP contribution < -0.4 is 4.90 Å². The van der Waals surface area contributed by atoms with Gasteiger partial charge in [-0.05, 0) is 25.0 Å². The topological polar surface area (TPSA) is 32.8 Å². The highest BCUT2D eigenvalue weighted by Gasteiger charge is 2.23. The van der Waals surface area contributed by atoms with Crippen LogP contribution in [0.5, 0.6) is 0 Å². The summed E-state index contributed by atoms with van der Waals surface area (Å²) in [5.74, 6) is 0.122. The zero-order chi connectivity index (χ0) is 15.1. The normalized spacial score (nSPS) is 16.6. The van der Waals surface area contributed by atoms with E-state index >= 15 is 0 Å². The molecule has 1 aromatic rings. The Kier molecular flexibility index (Phi) is 5.96. The number of amides is 1. The lowest BCUT2D eigenvalue weighted by Crippen LogP contribution is -2.44. The molecule has 0 atom stereocenters. The Morgan fingerprint density at radius 2 is 2.05 bits per heavy atom. The lowest BCUT2D eigenvalue weighted by molar-refractivity contribution is -0.120. The van der Waals surface area contributed by atoms with Crippen LogP contribution in [0.2, 0.25) is 0 Å². The molecule has 1 aliphatic heterocycles. The lowest BCUT2D eigenvalue weighted by atomic mass is 10.1. The Balaban J connectivity index is 1.95. The number of rotatable bonds is 6. The molecule has 1 heterocycles. The summed E-state index contributed by atoms with van der Waals surface area (Å²) >= 11 is 0. The average molecular weight is 288 g/mol. The first kappa shape index (κ1) is 15.7. The van der Waals surface area contributed by atoms with E-state index in [2.05, 4.69) is 11.5 Å². The lowest BCUT2D eigenvalue weighted by Gasteiger charge is -2.32. The molecule has 0 radical (unpaired) electrons. The third kappa shape index (κ3) is 4.41. The number of hydrogen-bond donors (Lipinski definition) is 0. The molecule has 114 valence electrons. The second-order valence-corrected chi connectivity index (χ2v) is 5.34. The number of para-hydroxylation sites is 1. The van der Waals surface area contributed by atoms with E-state index in [0.29, 0.717) is 19.2 Å². The molecule has 0 aliphatic carbocycles. The van der Waals surface area contributed by atoms with Crippen LogP contribution in [-0.4, -0.2) is 50.2 Å². The van der Waals surface area contributed by atoms with Crippen LogP contribution in [0.15, 0.2) is 43.0 Å². The number of ether oxygens (including phenoxy) is 1. The summed E-state index contributed by atoms with van der Waals surface area (Å²) in [6.07, 6.45) is 4.10. The van der Waals surface area contributed by atoms with E-state index in [1.54, 1.807) is 18.1 Å². The van der Waals surface area contributed by atoms with Gasteiger partial charge in [0, 0.05) is 32.4 Å². The Bertz CT molecular complexity index is 453. The second-order valence-electron chi connectivity index (χ2n) is 5.34. The summed E-state index contributed by atoms with van der Waals surface area (Å²) in [6.45, 7) is 6.58. The molecule has 0 unspecified atom stereocenters. The van der Waals surface area contributed by atoms with Crippen LogP contribution in [0.25, 0.3) is 0 Å². The van der Waals surface area contributed by atoms with Gasteiger partial charge in [-0.15, -0.1) is 6.58 Å². The molecule has 0 spiro atoms. The summed E-state index contributed by atoms with van der Waals surface area (Å²) in [5.41, 5.74) is 0.925. The molecule has 0 bridgehead atoms. The molecule has 2 rings (SSSR count). The number of nitrogens with zero attached hydrogens (tertiary/aromatic N) is 2. The number of carbonyl (C=O) groups is 1. The molecule has 0 saturated carbocycles. The van der Waals surface area contributed by atoms with Crippen molar-refractivity contribution in [2.24, 2.45) is 0 Å². The predicted molar refractivity (Wildman–Crippen MR) is 85.5 cm³/mol. The van der Waals surface area contributed by atoms with E-state index in [1.165, 1.54) is 0 Å². The summed E-state index contributed by atoms with van der Waals surface area (Å²) in [5, 5.41) is 0. The van der Waals surface area contributed by atoms with Crippen molar-refractivity contribution >= 4 is 11.6 Å². The van der Waals surface area contributed by atoms with Crippen LogP contribution in [0.1, 0.15) is 12.8 Å². The monoisotopic (exact) mass is 288 g/mol. The van der Waals surface area contributed by atoms with Gasteiger partial charge in [0.15, 0.2) is 0 Å². The van der Waals surface area contributed by atoms with E-state index in [9.17, 15) is 4.79 Å². The van der Waals surface area contributed by atoms with Gasteiger partial charge in [0.1, 0.15) is 0 Å². The van der Waals surface area contributed by atoms with Gasteiger partial charge in [0.2, 0.25) is 5.91 Å². The number of piperidine rings is 1. The zero-order valence-corrected chi connectivity index (χ0v) is 12.7.